The molecule has 0 heterocycles. The highest BCUT2D eigenvalue weighted by Gasteiger charge is 2.62. The van der Waals surface area contributed by atoms with E-state index in [4.69, 9.17) is 24.3 Å². The first-order valence-corrected chi connectivity index (χ1v) is 13.7. The number of hydrogen-bond acceptors (Lipinski definition) is 10. The van der Waals surface area contributed by atoms with Crippen molar-refractivity contribution in [2.45, 2.75) is 71.3 Å². The fourth-order valence-electron chi connectivity index (χ4n) is 2.81. The molecule has 0 rings (SSSR count). The maximum Gasteiger partial charge on any atom is 0.380 e. The second kappa shape index (κ2) is 14.4. The highest BCUT2D eigenvalue weighted by atomic mass is 31.2. The summed E-state index contributed by atoms with van der Waals surface area (Å²) in [5, 5.41) is 7.43. The van der Waals surface area contributed by atoms with Crippen molar-refractivity contribution in [2.24, 2.45) is 17.6 Å². The lowest BCUT2D eigenvalue weighted by Crippen LogP contribution is -2.33. The lowest BCUT2D eigenvalue weighted by Gasteiger charge is -2.34. The Bertz CT molecular complexity index is 642. The second-order valence-electron chi connectivity index (χ2n) is 7.16. The van der Waals surface area contributed by atoms with Crippen molar-refractivity contribution in [3.8, 4) is 0 Å². The zero-order valence-corrected chi connectivity index (χ0v) is 20.9. The standard InChI is InChI=1S/C18H37NO11P2/c1-5-14(6-2)16(20)27-12-29-32(26,18(22,10-9-11-19)31(23,24)25)30-13-28-17(21)15(7-3)8-4/h14-15,22H,5-13,19H2,1-4H3,(H2,23,24,25). The first-order chi connectivity index (χ1) is 14.9. The first kappa shape index (κ1) is 31.2. The van der Waals surface area contributed by atoms with Gasteiger partial charge >= 0.3 is 27.1 Å². The lowest BCUT2D eigenvalue weighted by atomic mass is 10.0. The Kier molecular flexibility index (Phi) is 14.0. The molecule has 12 nitrogen and oxygen atoms in total. The smallest absolute Gasteiger partial charge is 0.380 e. The third-order valence-electron chi connectivity index (χ3n) is 5.11. The zero-order valence-electron chi connectivity index (χ0n) is 19.1. The molecule has 0 radical (unpaired) electrons. The van der Waals surface area contributed by atoms with Gasteiger partial charge in [0.25, 0.3) is 5.08 Å². The quantitative estimate of drug-likeness (QED) is 0.128. The summed E-state index contributed by atoms with van der Waals surface area (Å²) in [6.07, 6.45) is 0.999. The first-order valence-electron chi connectivity index (χ1n) is 10.6. The van der Waals surface area contributed by atoms with Gasteiger partial charge in [0.15, 0.2) is 0 Å². The molecule has 5 N–H and O–H groups in total. The second-order valence-corrected chi connectivity index (χ2v) is 11.6. The van der Waals surface area contributed by atoms with Gasteiger partial charge < -0.3 is 30.1 Å². The molecule has 0 aromatic rings. The van der Waals surface area contributed by atoms with E-state index in [1.807, 2.05) is 0 Å². The van der Waals surface area contributed by atoms with Gasteiger partial charge in [0, 0.05) is 6.42 Å². The number of aliphatic hydroxyl groups is 1. The molecule has 0 aliphatic carbocycles. The molecule has 0 spiro atoms. The number of hydrogen-bond donors (Lipinski definition) is 4. The van der Waals surface area contributed by atoms with E-state index < -0.39 is 64.1 Å². The summed E-state index contributed by atoms with van der Waals surface area (Å²) in [6, 6.07) is 0. The summed E-state index contributed by atoms with van der Waals surface area (Å²) < 4.78 is 45.1. The summed E-state index contributed by atoms with van der Waals surface area (Å²) in [4.78, 5) is 43.5. The van der Waals surface area contributed by atoms with Crippen molar-refractivity contribution >= 4 is 27.1 Å². The molecule has 0 aromatic heterocycles. The van der Waals surface area contributed by atoms with Crippen molar-refractivity contribution in [1.29, 1.82) is 0 Å². The van der Waals surface area contributed by atoms with Gasteiger partial charge in [-0.1, -0.05) is 27.7 Å². The molecule has 0 bridgehead atoms. The van der Waals surface area contributed by atoms with Crippen molar-refractivity contribution in [1.82, 2.24) is 0 Å². The van der Waals surface area contributed by atoms with Crippen LogP contribution < -0.4 is 5.73 Å². The molecular weight excluding hydrogens is 468 g/mol. The zero-order chi connectivity index (χ0) is 25.0. The van der Waals surface area contributed by atoms with E-state index in [0.717, 1.165) is 0 Å². The van der Waals surface area contributed by atoms with Crippen LogP contribution in [0.5, 0.6) is 0 Å². The molecule has 14 heteroatoms. The Morgan fingerprint density at radius 2 is 1.25 bits per heavy atom. The van der Waals surface area contributed by atoms with Gasteiger partial charge in [0.05, 0.1) is 11.8 Å². The number of nitrogens with two attached hydrogens (primary N) is 1. The van der Waals surface area contributed by atoms with Gasteiger partial charge in [0.1, 0.15) is 0 Å². The topological polar surface area (TPSA) is 192 Å². The largest absolute Gasteiger partial charge is 0.438 e. The Morgan fingerprint density at radius 1 is 0.875 bits per heavy atom. The van der Waals surface area contributed by atoms with Crippen LogP contribution in [-0.4, -0.2) is 52.0 Å². The van der Waals surface area contributed by atoms with E-state index in [2.05, 4.69) is 0 Å². The lowest BCUT2D eigenvalue weighted by molar-refractivity contribution is -0.158. The number of carbonyl (C=O) groups is 2. The van der Waals surface area contributed by atoms with E-state index in [1.165, 1.54) is 0 Å². The van der Waals surface area contributed by atoms with E-state index >= 15 is 0 Å². The van der Waals surface area contributed by atoms with E-state index in [0.29, 0.717) is 25.7 Å². The van der Waals surface area contributed by atoms with Crippen molar-refractivity contribution < 1.29 is 52.1 Å². The molecule has 0 saturated carbocycles. The van der Waals surface area contributed by atoms with Crippen LogP contribution in [0.25, 0.3) is 0 Å². The predicted molar refractivity (Wildman–Crippen MR) is 115 cm³/mol. The Labute approximate surface area is 188 Å². The monoisotopic (exact) mass is 505 g/mol. The molecule has 0 aliphatic heterocycles. The van der Waals surface area contributed by atoms with Crippen molar-refractivity contribution in [3.63, 3.8) is 0 Å². The molecule has 0 fully saturated rings. The van der Waals surface area contributed by atoms with Gasteiger partial charge in [-0.3, -0.25) is 27.8 Å². The van der Waals surface area contributed by atoms with Crippen LogP contribution in [0.15, 0.2) is 0 Å². The van der Waals surface area contributed by atoms with Gasteiger partial charge in [0.2, 0.25) is 13.6 Å². The van der Waals surface area contributed by atoms with Gasteiger partial charge in [-0.2, -0.15) is 0 Å². The van der Waals surface area contributed by atoms with Crippen LogP contribution in [-0.2, 0) is 37.2 Å². The molecule has 1 atom stereocenters. The molecule has 190 valence electrons. The minimum Gasteiger partial charge on any atom is -0.438 e. The molecule has 0 amide bonds. The fraction of sp³-hybridized carbons (Fsp3) is 0.889. The number of carbonyl (C=O) groups excluding carboxylic acids is 2. The Hall–Kier alpha value is -0.840. The highest BCUT2D eigenvalue weighted by molar-refractivity contribution is 7.72. The van der Waals surface area contributed by atoms with Crippen LogP contribution >= 0.6 is 15.2 Å². The maximum absolute atomic E-state index is 13.4. The number of esters is 2. The summed E-state index contributed by atoms with van der Waals surface area (Å²) in [5.41, 5.74) is 5.36. The van der Waals surface area contributed by atoms with Crippen LogP contribution in [0.1, 0.15) is 66.2 Å². The van der Waals surface area contributed by atoms with E-state index in [1.54, 1.807) is 27.7 Å². The van der Waals surface area contributed by atoms with E-state index in [-0.39, 0.29) is 13.0 Å². The molecule has 32 heavy (non-hydrogen) atoms. The van der Waals surface area contributed by atoms with Crippen molar-refractivity contribution in [2.75, 3.05) is 20.1 Å². The minimum atomic E-state index is -5.52. The molecule has 0 aliphatic rings. The summed E-state index contributed by atoms with van der Waals surface area (Å²) >= 11 is 0. The normalized spacial score (nSPS) is 14.4. The maximum atomic E-state index is 13.4. The van der Waals surface area contributed by atoms with Crippen LogP contribution in [0.3, 0.4) is 0 Å². The molecule has 0 aromatic carbocycles. The van der Waals surface area contributed by atoms with Crippen LogP contribution in [0, 0.1) is 11.8 Å². The van der Waals surface area contributed by atoms with Gasteiger partial charge in [-0.05, 0) is 38.6 Å². The van der Waals surface area contributed by atoms with Crippen molar-refractivity contribution in [3.05, 3.63) is 0 Å². The molecular formula is C18H37NO11P2. The highest BCUT2D eigenvalue weighted by Crippen LogP contribution is 2.74. The van der Waals surface area contributed by atoms with Gasteiger partial charge in [-0.25, -0.2) is 0 Å². The summed E-state index contributed by atoms with van der Waals surface area (Å²) in [7, 11) is -10.6. The third kappa shape index (κ3) is 8.50. The Morgan fingerprint density at radius 3 is 1.53 bits per heavy atom. The van der Waals surface area contributed by atoms with E-state index in [9.17, 15) is 33.6 Å². The summed E-state index contributed by atoms with van der Waals surface area (Å²) in [5.74, 6) is -2.28. The fourth-order valence-corrected chi connectivity index (χ4v) is 6.19. The SMILES string of the molecule is CCC(CC)C(=O)OCOP(=O)(OCOC(=O)C(CC)CC)C(O)(CCCN)P(=O)(O)O. The minimum absolute atomic E-state index is 0.0877. The predicted octanol–water partition coefficient (Wildman–Crippen LogP) is 2.65. The molecule has 0 saturated heterocycles. The average molecular weight is 505 g/mol. The van der Waals surface area contributed by atoms with Crippen LogP contribution in [0.2, 0.25) is 0 Å². The number of ether oxygens (including phenoxy) is 2. The third-order valence-corrected chi connectivity index (χ3v) is 9.77. The average Bonchev–Trinajstić information content (AvgIpc) is 2.72. The van der Waals surface area contributed by atoms with Crippen LogP contribution in [0.4, 0.5) is 0 Å². The molecule has 1 unspecified atom stereocenters. The van der Waals surface area contributed by atoms with Gasteiger partial charge in [-0.15, -0.1) is 0 Å². The number of rotatable bonds is 17. The Balaban J connectivity index is 5.65. The summed E-state index contributed by atoms with van der Waals surface area (Å²) in [6.45, 7) is 4.96.